The molecule has 0 N–H and O–H groups in total. The summed E-state index contributed by atoms with van der Waals surface area (Å²) in [7, 11) is 1.63. The maximum atomic E-state index is 5.26. The molecule has 3 heterocycles. The van der Waals surface area contributed by atoms with Crippen molar-refractivity contribution in [2.24, 2.45) is 0 Å². The van der Waals surface area contributed by atoms with Gasteiger partial charge in [-0.05, 0) is 25.1 Å². The zero-order valence-electron chi connectivity index (χ0n) is 14.5. The molecule has 0 amide bonds. The van der Waals surface area contributed by atoms with Crippen LogP contribution in [0.4, 0.5) is 11.8 Å². The number of hydrogen-bond donors (Lipinski definition) is 0. The van der Waals surface area contributed by atoms with Crippen LogP contribution in [0.1, 0.15) is 5.69 Å². The van der Waals surface area contributed by atoms with Gasteiger partial charge in [-0.1, -0.05) is 18.2 Å². The van der Waals surface area contributed by atoms with Crippen molar-refractivity contribution in [1.29, 1.82) is 0 Å². The Labute approximate surface area is 147 Å². The quantitative estimate of drug-likeness (QED) is 0.733. The van der Waals surface area contributed by atoms with Crippen LogP contribution in [-0.4, -0.2) is 48.2 Å². The van der Waals surface area contributed by atoms with Crippen molar-refractivity contribution in [2.45, 2.75) is 6.92 Å². The number of nitrogens with zero attached hydrogens (tertiary/aromatic N) is 5. The Morgan fingerprint density at radius 3 is 2.44 bits per heavy atom. The van der Waals surface area contributed by atoms with E-state index >= 15 is 0 Å². The van der Waals surface area contributed by atoms with E-state index in [1.807, 2.05) is 25.1 Å². The summed E-state index contributed by atoms with van der Waals surface area (Å²) in [5.74, 6) is 2.38. The fraction of sp³-hybridized carbons (Fsp3) is 0.316. The molecule has 0 radical (unpaired) electrons. The summed E-state index contributed by atoms with van der Waals surface area (Å²) in [6.45, 7) is 5.47. The van der Waals surface area contributed by atoms with Gasteiger partial charge in [0.2, 0.25) is 11.8 Å². The van der Waals surface area contributed by atoms with Gasteiger partial charge in [0, 0.05) is 43.3 Å². The lowest BCUT2D eigenvalue weighted by molar-refractivity contribution is 0.396. The summed E-state index contributed by atoms with van der Waals surface area (Å²) in [5, 5.41) is 1.17. The number of benzene rings is 1. The second-order valence-corrected chi connectivity index (χ2v) is 6.19. The van der Waals surface area contributed by atoms with E-state index in [4.69, 9.17) is 9.72 Å². The average Bonchev–Trinajstić information content (AvgIpc) is 2.67. The first-order valence-electron chi connectivity index (χ1n) is 8.48. The van der Waals surface area contributed by atoms with Crippen molar-refractivity contribution >= 4 is 22.7 Å². The van der Waals surface area contributed by atoms with Crippen molar-refractivity contribution < 1.29 is 4.74 Å². The molecule has 0 spiro atoms. The third-order valence-electron chi connectivity index (χ3n) is 4.50. The molecule has 6 nitrogen and oxygen atoms in total. The molecule has 128 valence electrons. The van der Waals surface area contributed by atoms with Gasteiger partial charge in [-0.25, -0.2) is 9.97 Å². The van der Waals surface area contributed by atoms with Crippen LogP contribution in [0.15, 0.2) is 42.5 Å². The smallest absolute Gasteiger partial charge is 0.228 e. The Hall–Kier alpha value is -2.89. The van der Waals surface area contributed by atoms with Crippen molar-refractivity contribution in [3.05, 3.63) is 48.2 Å². The van der Waals surface area contributed by atoms with Crippen LogP contribution < -0.4 is 14.5 Å². The van der Waals surface area contributed by atoms with Gasteiger partial charge < -0.3 is 14.5 Å². The minimum atomic E-state index is 0.612. The van der Waals surface area contributed by atoms with Crippen molar-refractivity contribution in [1.82, 2.24) is 15.0 Å². The number of para-hydroxylation sites is 1. The Kier molecular flexibility index (Phi) is 4.09. The predicted molar refractivity (Wildman–Crippen MR) is 99.5 cm³/mol. The molecule has 25 heavy (non-hydrogen) atoms. The van der Waals surface area contributed by atoms with E-state index in [1.165, 1.54) is 5.39 Å². The van der Waals surface area contributed by atoms with Crippen LogP contribution >= 0.6 is 0 Å². The fourth-order valence-electron chi connectivity index (χ4n) is 3.14. The van der Waals surface area contributed by atoms with E-state index in [1.54, 1.807) is 7.11 Å². The van der Waals surface area contributed by atoms with E-state index in [9.17, 15) is 0 Å². The van der Waals surface area contributed by atoms with Gasteiger partial charge in [0.05, 0.1) is 12.6 Å². The number of aromatic nitrogens is 3. The monoisotopic (exact) mass is 335 g/mol. The minimum Gasteiger partial charge on any atom is -0.481 e. The normalized spacial score (nSPS) is 14.8. The molecule has 1 aliphatic heterocycles. The number of ether oxygens (including phenoxy) is 1. The number of pyridine rings is 1. The standard InChI is InChI=1S/C19H21N5O/c1-14-13-18(25-2)22-19(20-14)24-11-9-23(10-12-24)17-8-7-15-5-3-4-6-16(15)21-17/h3-8,13H,9-12H2,1-2H3. The number of fused-ring (bicyclic) bond motifs is 1. The maximum absolute atomic E-state index is 5.26. The molecule has 0 atom stereocenters. The SMILES string of the molecule is COc1cc(C)nc(N2CCN(c3ccc4ccccc4n3)CC2)n1. The van der Waals surface area contributed by atoms with Crippen molar-refractivity contribution in [3.63, 3.8) is 0 Å². The van der Waals surface area contributed by atoms with Crippen molar-refractivity contribution in [3.8, 4) is 5.88 Å². The molecule has 4 rings (SSSR count). The second kappa shape index (κ2) is 6.55. The summed E-state index contributed by atoms with van der Waals surface area (Å²) >= 11 is 0. The minimum absolute atomic E-state index is 0.612. The fourth-order valence-corrected chi connectivity index (χ4v) is 3.14. The number of hydrogen-bond acceptors (Lipinski definition) is 6. The summed E-state index contributed by atoms with van der Waals surface area (Å²) in [6, 6.07) is 14.3. The molecular weight excluding hydrogens is 314 g/mol. The maximum Gasteiger partial charge on any atom is 0.228 e. The molecule has 2 aromatic heterocycles. The van der Waals surface area contributed by atoms with Gasteiger partial charge in [-0.15, -0.1) is 0 Å². The molecule has 0 bridgehead atoms. The Morgan fingerprint density at radius 2 is 1.64 bits per heavy atom. The molecule has 1 saturated heterocycles. The first-order chi connectivity index (χ1) is 12.2. The molecule has 1 aliphatic rings. The van der Waals surface area contributed by atoms with Crippen LogP contribution in [0.25, 0.3) is 10.9 Å². The van der Waals surface area contributed by atoms with E-state index in [-0.39, 0.29) is 0 Å². The van der Waals surface area contributed by atoms with Crippen LogP contribution in [0.3, 0.4) is 0 Å². The molecule has 0 unspecified atom stereocenters. The lowest BCUT2D eigenvalue weighted by Gasteiger charge is -2.35. The summed E-state index contributed by atoms with van der Waals surface area (Å²) < 4.78 is 5.26. The van der Waals surface area contributed by atoms with Crippen LogP contribution in [0.5, 0.6) is 5.88 Å². The number of piperazine rings is 1. The van der Waals surface area contributed by atoms with Crippen LogP contribution in [0.2, 0.25) is 0 Å². The Balaban J connectivity index is 1.50. The number of aryl methyl sites for hydroxylation is 1. The first kappa shape index (κ1) is 15.6. The number of anilines is 2. The highest BCUT2D eigenvalue weighted by molar-refractivity contribution is 5.80. The van der Waals surface area contributed by atoms with Gasteiger partial charge >= 0.3 is 0 Å². The third kappa shape index (κ3) is 3.20. The average molecular weight is 335 g/mol. The van der Waals surface area contributed by atoms with Gasteiger partial charge in [-0.3, -0.25) is 0 Å². The number of methoxy groups -OCH3 is 1. The lowest BCUT2D eigenvalue weighted by Crippen LogP contribution is -2.47. The Morgan fingerprint density at radius 1 is 0.880 bits per heavy atom. The second-order valence-electron chi connectivity index (χ2n) is 6.19. The van der Waals surface area contributed by atoms with Gasteiger partial charge in [-0.2, -0.15) is 4.98 Å². The van der Waals surface area contributed by atoms with Crippen molar-refractivity contribution in [2.75, 3.05) is 43.1 Å². The van der Waals surface area contributed by atoms with Gasteiger partial charge in [0.25, 0.3) is 0 Å². The third-order valence-corrected chi connectivity index (χ3v) is 4.50. The highest BCUT2D eigenvalue weighted by Gasteiger charge is 2.21. The van der Waals surface area contributed by atoms with Crippen LogP contribution in [0, 0.1) is 6.92 Å². The predicted octanol–water partition coefficient (Wildman–Crippen LogP) is 2.67. The van der Waals surface area contributed by atoms with Crippen LogP contribution in [-0.2, 0) is 0 Å². The Bertz CT molecular complexity index is 890. The first-order valence-corrected chi connectivity index (χ1v) is 8.48. The highest BCUT2D eigenvalue weighted by atomic mass is 16.5. The lowest BCUT2D eigenvalue weighted by atomic mass is 10.2. The molecule has 3 aromatic rings. The highest BCUT2D eigenvalue weighted by Crippen LogP contribution is 2.21. The summed E-state index contributed by atoms with van der Waals surface area (Å²) in [5.41, 5.74) is 1.95. The largest absolute Gasteiger partial charge is 0.481 e. The van der Waals surface area contributed by atoms with E-state index in [2.05, 4.69) is 44.0 Å². The van der Waals surface area contributed by atoms with E-state index in [0.29, 0.717) is 5.88 Å². The zero-order valence-corrected chi connectivity index (χ0v) is 14.5. The summed E-state index contributed by atoms with van der Waals surface area (Å²) in [4.78, 5) is 18.3. The van der Waals surface area contributed by atoms with Gasteiger partial charge in [0.15, 0.2) is 0 Å². The topological polar surface area (TPSA) is 54.4 Å². The molecular formula is C19H21N5O. The molecule has 0 saturated carbocycles. The summed E-state index contributed by atoms with van der Waals surface area (Å²) in [6.07, 6.45) is 0. The van der Waals surface area contributed by atoms with E-state index in [0.717, 1.165) is 49.2 Å². The molecule has 6 heteroatoms. The number of rotatable bonds is 3. The van der Waals surface area contributed by atoms with E-state index < -0.39 is 0 Å². The van der Waals surface area contributed by atoms with Gasteiger partial charge in [0.1, 0.15) is 5.82 Å². The zero-order chi connectivity index (χ0) is 17.2. The molecule has 0 aliphatic carbocycles. The molecule has 1 aromatic carbocycles. The molecule has 1 fully saturated rings.